The largest absolute Gasteiger partial charge is 0.449 e. The van der Waals surface area contributed by atoms with E-state index in [1.807, 2.05) is 0 Å². The number of amides is 2. The average Bonchev–Trinajstić information content (AvgIpc) is 3.41. The molecule has 3 aromatic rings. The molecular weight excluding hydrogens is 554 g/mol. The Bertz CT molecular complexity index is 1490. The Morgan fingerprint density at radius 3 is 2.55 bits per heavy atom. The molecular formula is C23H16Cl2F3N5O5. The van der Waals surface area contributed by atoms with Crippen molar-refractivity contribution in [2.24, 2.45) is 11.7 Å². The molecule has 0 radical (unpaired) electrons. The summed E-state index contributed by atoms with van der Waals surface area (Å²) < 4.78 is 46.0. The number of carbonyl (C=O) groups is 4. The van der Waals surface area contributed by atoms with Crippen molar-refractivity contribution in [3.63, 3.8) is 0 Å². The first-order valence-corrected chi connectivity index (χ1v) is 11.5. The van der Waals surface area contributed by atoms with E-state index in [9.17, 15) is 32.3 Å². The van der Waals surface area contributed by atoms with Crippen LogP contribution in [0.2, 0.25) is 10.0 Å². The number of anilines is 1. The van der Waals surface area contributed by atoms with Gasteiger partial charge in [-0.2, -0.15) is 18.3 Å². The number of Topliss-reactive ketones (excluding diaryl/α,β-unsaturated/α-hetero) is 1. The lowest BCUT2D eigenvalue weighted by Gasteiger charge is -2.16. The van der Waals surface area contributed by atoms with Gasteiger partial charge in [-0.1, -0.05) is 23.2 Å². The number of nitrogens with one attached hydrogen (secondary N) is 1. The molecule has 0 saturated carbocycles. The number of alkyl halides is 3. The highest BCUT2D eigenvalue weighted by Crippen LogP contribution is 2.38. The van der Waals surface area contributed by atoms with Crippen molar-refractivity contribution >= 4 is 52.5 Å². The number of primary amides is 1. The minimum atomic E-state index is -4.88. The molecule has 1 aromatic carbocycles. The number of nitrogens with two attached hydrogens (primary N) is 1. The summed E-state index contributed by atoms with van der Waals surface area (Å²) >= 11 is 12.3. The molecule has 2 aromatic heterocycles. The first-order chi connectivity index (χ1) is 17.8. The number of carbonyl (C=O) groups excluding carboxylic acids is 4. The van der Waals surface area contributed by atoms with Crippen LogP contribution in [0, 0.1) is 5.92 Å². The Kier molecular flexibility index (Phi) is 7.17. The zero-order valence-corrected chi connectivity index (χ0v) is 20.7. The number of hydrogen-bond acceptors (Lipinski definition) is 7. The highest BCUT2D eigenvalue weighted by Gasteiger charge is 2.38. The lowest BCUT2D eigenvalue weighted by atomic mass is 10.1. The maximum atomic E-state index is 13.4. The highest BCUT2D eigenvalue weighted by molar-refractivity contribution is 6.34. The molecule has 2 amide bonds. The molecule has 1 aliphatic carbocycles. The van der Waals surface area contributed by atoms with E-state index < -0.39 is 53.2 Å². The van der Waals surface area contributed by atoms with Gasteiger partial charge in [0.25, 0.3) is 5.91 Å². The van der Waals surface area contributed by atoms with Crippen LogP contribution >= 0.6 is 23.2 Å². The molecule has 0 saturated heterocycles. The van der Waals surface area contributed by atoms with Crippen LogP contribution in [0.1, 0.15) is 40.3 Å². The van der Waals surface area contributed by atoms with E-state index in [1.165, 1.54) is 37.4 Å². The molecule has 0 bridgehead atoms. The second kappa shape index (κ2) is 10.1. The van der Waals surface area contributed by atoms with Gasteiger partial charge in [-0.15, -0.1) is 0 Å². The van der Waals surface area contributed by atoms with Gasteiger partial charge in [0.05, 0.1) is 15.7 Å². The molecule has 198 valence electrons. The summed E-state index contributed by atoms with van der Waals surface area (Å²) in [4.78, 5) is 53.0. The molecule has 2 atom stereocenters. The Hall–Kier alpha value is -3.97. The van der Waals surface area contributed by atoms with E-state index in [1.54, 1.807) is 0 Å². The summed E-state index contributed by atoms with van der Waals surface area (Å²) in [5.74, 6) is -5.09. The second-order valence-electron chi connectivity index (χ2n) is 8.20. The second-order valence-corrected chi connectivity index (χ2v) is 9.02. The molecule has 0 spiro atoms. The van der Waals surface area contributed by atoms with Gasteiger partial charge in [0.15, 0.2) is 23.4 Å². The van der Waals surface area contributed by atoms with Crippen LogP contribution in [-0.2, 0) is 31.7 Å². The molecule has 2 unspecified atom stereocenters. The number of halogens is 5. The predicted molar refractivity (Wildman–Crippen MR) is 127 cm³/mol. The van der Waals surface area contributed by atoms with E-state index >= 15 is 0 Å². The smallest absolute Gasteiger partial charge is 0.435 e. The van der Waals surface area contributed by atoms with Crippen molar-refractivity contribution in [1.29, 1.82) is 0 Å². The van der Waals surface area contributed by atoms with Crippen LogP contribution in [0.5, 0.6) is 0 Å². The number of pyridine rings is 1. The van der Waals surface area contributed by atoms with Crippen LogP contribution in [0.3, 0.4) is 0 Å². The van der Waals surface area contributed by atoms with E-state index in [2.05, 4.69) is 15.4 Å². The van der Waals surface area contributed by atoms with Crippen molar-refractivity contribution in [1.82, 2.24) is 14.8 Å². The van der Waals surface area contributed by atoms with Crippen LogP contribution < -0.4 is 11.1 Å². The summed E-state index contributed by atoms with van der Waals surface area (Å²) in [5, 5.41) is 5.73. The van der Waals surface area contributed by atoms with Gasteiger partial charge in [0, 0.05) is 24.2 Å². The molecule has 0 aliphatic heterocycles. The lowest BCUT2D eigenvalue weighted by molar-refractivity contribution is -0.160. The number of fused-ring (bicyclic) bond motifs is 1. The molecule has 1 aliphatic rings. The molecule has 15 heteroatoms. The van der Waals surface area contributed by atoms with Gasteiger partial charge >= 0.3 is 12.1 Å². The van der Waals surface area contributed by atoms with Crippen molar-refractivity contribution < 1.29 is 37.1 Å². The molecule has 4 rings (SSSR count). The number of ether oxygens (including phenoxy) is 1. The number of ketones is 1. The summed E-state index contributed by atoms with van der Waals surface area (Å²) in [6.45, 7) is 1.21. The first kappa shape index (κ1) is 27.1. The fourth-order valence-corrected chi connectivity index (χ4v) is 4.04. The normalized spacial score (nSPS) is 15.6. The SMILES string of the molecule is CC(C(N)=O)C(=O)OC1C(=O)Cc2cc(Cl)c(NC(=O)c3cc(C(F)(F)F)nn3-c3ncccc3Cl)cc21. The summed E-state index contributed by atoms with van der Waals surface area (Å²) in [5.41, 5.74) is 3.65. The average molecular weight is 570 g/mol. The quantitative estimate of drug-likeness (QED) is 0.340. The maximum absolute atomic E-state index is 13.4. The number of nitrogens with zero attached hydrogens (tertiary/aromatic N) is 3. The minimum Gasteiger partial charge on any atom is -0.449 e. The zero-order valence-electron chi connectivity index (χ0n) is 19.2. The summed E-state index contributed by atoms with van der Waals surface area (Å²) in [6, 6.07) is 5.92. The van der Waals surface area contributed by atoms with Crippen molar-refractivity contribution in [2.75, 3.05) is 5.32 Å². The highest BCUT2D eigenvalue weighted by atomic mass is 35.5. The van der Waals surface area contributed by atoms with Gasteiger partial charge in [0.1, 0.15) is 11.6 Å². The minimum absolute atomic E-state index is 0.0413. The Morgan fingerprint density at radius 1 is 1.21 bits per heavy atom. The van der Waals surface area contributed by atoms with Gasteiger partial charge in [-0.3, -0.25) is 19.2 Å². The zero-order chi connectivity index (χ0) is 27.9. The van der Waals surface area contributed by atoms with Crippen molar-refractivity contribution in [3.8, 4) is 5.82 Å². The summed E-state index contributed by atoms with van der Waals surface area (Å²) in [6.07, 6.45) is -5.17. The molecule has 3 N–H and O–H groups in total. The molecule has 0 fully saturated rings. The van der Waals surface area contributed by atoms with Crippen LogP contribution in [0.15, 0.2) is 36.5 Å². The third-order valence-electron chi connectivity index (χ3n) is 5.60. The third-order valence-corrected chi connectivity index (χ3v) is 6.21. The van der Waals surface area contributed by atoms with Crippen molar-refractivity contribution in [3.05, 3.63) is 69.1 Å². The standard InChI is InChI=1S/C23H16Cl2F3N5O5/c1-9(19(29)35)22(37)38-18-11-7-14(13(25)5-10(11)6-16(18)34)31-21(36)15-8-17(23(26,27)28)32-33(15)20-12(24)3-2-4-30-20/h2-5,7-9,18H,6H2,1H3,(H2,29,35)(H,31,36). The maximum Gasteiger partial charge on any atom is 0.435 e. The fraction of sp³-hybridized carbons (Fsp3) is 0.217. The van der Waals surface area contributed by atoms with Gasteiger partial charge < -0.3 is 15.8 Å². The van der Waals surface area contributed by atoms with E-state index in [-0.39, 0.29) is 33.5 Å². The lowest BCUT2D eigenvalue weighted by Crippen LogP contribution is -2.31. The Labute approximate surface area is 221 Å². The number of rotatable bonds is 6. The predicted octanol–water partition coefficient (Wildman–Crippen LogP) is 3.68. The molecule has 10 nitrogen and oxygen atoms in total. The van der Waals surface area contributed by atoms with Gasteiger partial charge in [0.2, 0.25) is 5.91 Å². The number of hydrogen-bond donors (Lipinski definition) is 2. The van der Waals surface area contributed by atoms with E-state index in [4.69, 9.17) is 33.7 Å². The fourth-order valence-electron chi connectivity index (χ4n) is 3.60. The number of aromatic nitrogens is 3. The molecule has 38 heavy (non-hydrogen) atoms. The number of esters is 1. The molecule has 2 heterocycles. The Balaban J connectivity index is 1.69. The third kappa shape index (κ3) is 5.20. The van der Waals surface area contributed by atoms with Gasteiger partial charge in [-0.05, 0) is 36.8 Å². The first-order valence-electron chi connectivity index (χ1n) is 10.7. The van der Waals surface area contributed by atoms with Crippen LogP contribution in [0.4, 0.5) is 18.9 Å². The summed E-state index contributed by atoms with van der Waals surface area (Å²) in [7, 11) is 0. The topological polar surface area (TPSA) is 146 Å². The van der Waals surface area contributed by atoms with E-state index in [0.29, 0.717) is 16.3 Å². The number of benzene rings is 1. The monoisotopic (exact) mass is 569 g/mol. The Morgan fingerprint density at radius 2 is 1.92 bits per heavy atom. The van der Waals surface area contributed by atoms with Crippen molar-refractivity contribution in [2.45, 2.75) is 25.6 Å². The van der Waals surface area contributed by atoms with Crippen LogP contribution in [0.25, 0.3) is 5.82 Å². The van der Waals surface area contributed by atoms with Crippen LogP contribution in [-0.4, -0.2) is 38.3 Å². The van der Waals surface area contributed by atoms with E-state index in [0.717, 1.165) is 0 Å². The van der Waals surface area contributed by atoms with Gasteiger partial charge in [-0.25, -0.2) is 9.67 Å².